The van der Waals surface area contributed by atoms with E-state index >= 15 is 0 Å². The minimum absolute atomic E-state index is 0.190. The molecule has 0 aliphatic carbocycles. The van der Waals surface area contributed by atoms with E-state index in [0.29, 0.717) is 5.75 Å². The monoisotopic (exact) mass is 409 g/mol. The lowest BCUT2D eigenvalue weighted by Crippen LogP contribution is -2.46. The molecule has 2 rings (SSSR count). The molecule has 0 radical (unpaired) electrons. The van der Waals surface area contributed by atoms with Gasteiger partial charge in [0.1, 0.15) is 18.1 Å². The molecule has 152 valence electrons. The van der Waals surface area contributed by atoms with Crippen molar-refractivity contribution in [1.29, 1.82) is 0 Å². The smallest absolute Gasteiger partial charge is 0.304 e. The number of para-hydroxylation sites is 1. The summed E-state index contributed by atoms with van der Waals surface area (Å²) >= 11 is 0. The van der Waals surface area contributed by atoms with Gasteiger partial charge in [0.05, 0.1) is 18.8 Å². The number of carbonyl (C=O) groups is 1. The molecule has 1 amide bonds. The molecular weight excluding hydrogens is 385 g/mol. The Morgan fingerprint density at radius 3 is 2.32 bits per heavy atom. The standard InChI is InChI=1S/C19H24FN3O4S/c1-14(17-7-5-6-8-18(17)27-4)21-19(24)13-23(28(25,26)22(2)3)16-11-9-15(20)10-12-16/h5-12,14H,13H2,1-4H3,(H,21,24). The molecule has 0 fully saturated rings. The number of hydrogen-bond acceptors (Lipinski definition) is 4. The molecule has 0 saturated heterocycles. The highest BCUT2D eigenvalue weighted by Crippen LogP contribution is 2.25. The Morgan fingerprint density at radius 1 is 1.14 bits per heavy atom. The quantitative estimate of drug-likeness (QED) is 0.726. The number of nitrogens with zero attached hydrogens (tertiary/aromatic N) is 2. The Morgan fingerprint density at radius 2 is 1.75 bits per heavy atom. The maximum atomic E-state index is 13.2. The van der Waals surface area contributed by atoms with Gasteiger partial charge in [-0.2, -0.15) is 12.7 Å². The van der Waals surface area contributed by atoms with Crippen LogP contribution in [-0.2, 0) is 15.0 Å². The van der Waals surface area contributed by atoms with E-state index in [9.17, 15) is 17.6 Å². The summed E-state index contributed by atoms with van der Waals surface area (Å²) in [6.45, 7) is 1.32. The van der Waals surface area contributed by atoms with Crippen molar-refractivity contribution in [2.24, 2.45) is 0 Å². The number of benzene rings is 2. The molecule has 0 bridgehead atoms. The minimum Gasteiger partial charge on any atom is -0.496 e. The molecule has 28 heavy (non-hydrogen) atoms. The highest BCUT2D eigenvalue weighted by Gasteiger charge is 2.28. The minimum atomic E-state index is -3.95. The Hall–Kier alpha value is -2.65. The number of amides is 1. The van der Waals surface area contributed by atoms with E-state index in [4.69, 9.17) is 4.74 Å². The molecule has 0 saturated carbocycles. The van der Waals surface area contributed by atoms with Crippen LogP contribution in [0.2, 0.25) is 0 Å². The Kier molecular flexibility index (Phi) is 6.98. The molecule has 0 aliphatic rings. The number of hydrogen-bond donors (Lipinski definition) is 1. The number of carbonyl (C=O) groups excluding carboxylic acids is 1. The lowest BCUT2D eigenvalue weighted by molar-refractivity contribution is -0.120. The first-order chi connectivity index (χ1) is 13.2. The second-order valence-electron chi connectivity index (χ2n) is 6.30. The van der Waals surface area contributed by atoms with E-state index in [2.05, 4.69) is 5.32 Å². The van der Waals surface area contributed by atoms with Crippen molar-refractivity contribution in [2.75, 3.05) is 32.1 Å². The number of methoxy groups -OCH3 is 1. The predicted molar refractivity (Wildman–Crippen MR) is 106 cm³/mol. The fourth-order valence-electron chi connectivity index (χ4n) is 2.63. The lowest BCUT2D eigenvalue weighted by atomic mass is 10.1. The molecule has 1 atom stereocenters. The van der Waals surface area contributed by atoms with Crippen molar-refractivity contribution >= 4 is 21.8 Å². The van der Waals surface area contributed by atoms with Gasteiger partial charge in [-0.15, -0.1) is 0 Å². The number of anilines is 1. The van der Waals surface area contributed by atoms with Gasteiger partial charge in [0.2, 0.25) is 5.91 Å². The van der Waals surface area contributed by atoms with Gasteiger partial charge in [-0.1, -0.05) is 18.2 Å². The maximum Gasteiger partial charge on any atom is 0.304 e. The van der Waals surface area contributed by atoms with Crippen LogP contribution in [0.3, 0.4) is 0 Å². The summed E-state index contributed by atoms with van der Waals surface area (Å²) in [5.41, 5.74) is 0.956. The number of nitrogens with one attached hydrogen (secondary N) is 1. The summed E-state index contributed by atoms with van der Waals surface area (Å²) in [7, 11) is 0.305. The van der Waals surface area contributed by atoms with E-state index in [1.54, 1.807) is 13.0 Å². The van der Waals surface area contributed by atoms with Gasteiger partial charge in [0, 0.05) is 19.7 Å². The van der Waals surface area contributed by atoms with Gasteiger partial charge in [-0.05, 0) is 37.3 Å². The Bertz CT molecular complexity index is 917. The Labute approximate surface area is 164 Å². The lowest BCUT2D eigenvalue weighted by Gasteiger charge is -2.27. The first kappa shape index (κ1) is 21.6. The van der Waals surface area contributed by atoms with Crippen LogP contribution in [0.4, 0.5) is 10.1 Å². The van der Waals surface area contributed by atoms with Gasteiger partial charge in [0.15, 0.2) is 0 Å². The van der Waals surface area contributed by atoms with Crippen LogP contribution in [0, 0.1) is 5.82 Å². The van der Waals surface area contributed by atoms with E-state index in [0.717, 1.165) is 26.3 Å². The molecule has 1 N–H and O–H groups in total. The van der Waals surface area contributed by atoms with Crippen LogP contribution in [-0.4, -0.2) is 46.4 Å². The largest absolute Gasteiger partial charge is 0.496 e. The second kappa shape index (κ2) is 9.03. The van der Waals surface area contributed by atoms with Gasteiger partial charge < -0.3 is 10.1 Å². The van der Waals surface area contributed by atoms with Crippen LogP contribution in [0.1, 0.15) is 18.5 Å². The zero-order valence-corrected chi connectivity index (χ0v) is 17.0. The van der Waals surface area contributed by atoms with Crippen molar-refractivity contribution in [3.8, 4) is 5.75 Å². The average molecular weight is 409 g/mol. The fourth-order valence-corrected chi connectivity index (χ4v) is 3.69. The topological polar surface area (TPSA) is 79.0 Å². The zero-order valence-electron chi connectivity index (χ0n) is 16.2. The predicted octanol–water partition coefficient (Wildman–Crippen LogP) is 2.32. The highest BCUT2D eigenvalue weighted by molar-refractivity contribution is 7.90. The molecule has 7 nitrogen and oxygen atoms in total. The van der Waals surface area contributed by atoms with Crippen molar-refractivity contribution in [2.45, 2.75) is 13.0 Å². The van der Waals surface area contributed by atoms with Crippen molar-refractivity contribution < 1.29 is 22.3 Å². The van der Waals surface area contributed by atoms with Gasteiger partial charge in [-0.3, -0.25) is 4.79 Å². The summed E-state index contributed by atoms with van der Waals surface area (Å²) in [5.74, 6) is -0.389. The first-order valence-corrected chi connectivity index (χ1v) is 9.94. The van der Waals surface area contributed by atoms with Crippen LogP contribution >= 0.6 is 0 Å². The Balaban J connectivity index is 2.24. The summed E-state index contributed by atoms with van der Waals surface area (Å²) in [4.78, 5) is 12.6. The molecular formula is C19H24FN3O4S. The molecule has 1 unspecified atom stereocenters. The van der Waals surface area contributed by atoms with Crippen LogP contribution in [0.15, 0.2) is 48.5 Å². The summed E-state index contributed by atoms with van der Waals surface area (Å²) in [5, 5.41) is 2.78. The van der Waals surface area contributed by atoms with Crippen LogP contribution < -0.4 is 14.4 Å². The maximum absolute atomic E-state index is 13.2. The molecule has 9 heteroatoms. The van der Waals surface area contributed by atoms with E-state index in [1.807, 2.05) is 18.2 Å². The fraction of sp³-hybridized carbons (Fsp3) is 0.316. The third-order valence-corrected chi connectivity index (χ3v) is 5.94. The third kappa shape index (κ3) is 4.99. The zero-order chi connectivity index (χ0) is 20.9. The van der Waals surface area contributed by atoms with Crippen molar-refractivity contribution in [3.63, 3.8) is 0 Å². The van der Waals surface area contributed by atoms with Gasteiger partial charge in [0.25, 0.3) is 0 Å². The molecule has 0 heterocycles. The van der Waals surface area contributed by atoms with Crippen molar-refractivity contribution in [1.82, 2.24) is 9.62 Å². The molecule has 0 aliphatic heterocycles. The van der Waals surface area contributed by atoms with Gasteiger partial charge >= 0.3 is 10.2 Å². The highest BCUT2D eigenvalue weighted by atomic mass is 32.2. The summed E-state index contributed by atoms with van der Waals surface area (Å²) in [6, 6.07) is 11.7. The second-order valence-corrected chi connectivity index (χ2v) is 8.37. The number of rotatable bonds is 8. The summed E-state index contributed by atoms with van der Waals surface area (Å²) in [6.07, 6.45) is 0. The summed E-state index contributed by atoms with van der Waals surface area (Å²) < 4.78 is 45.8. The number of halogens is 1. The van der Waals surface area contributed by atoms with E-state index in [1.165, 1.54) is 33.3 Å². The number of ether oxygens (including phenoxy) is 1. The molecule has 2 aromatic carbocycles. The molecule has 0 spiro atoms. The van der Waals surface area contributed by atoms with E-state index in [-0.39, 0.29) is 5.69 Å². The SMILES string of the molecule is COc1ccccc1C(C)NC(=O)CN(c1ccc(F)cc1)S(=O)(=O)N(C)C. The van der Waals surface area contributed by atoms with E-state index < -0.39 is 34.5 Å². The molecule has 0 aromatic heterocycles. The first-order valence-electron chi connectivity index (χ1n) is 8.55. The van der Waals surface area contributed by atoms with Crippen molar-refractivity contribution in [3.05, 3.63) is 59.9 Å². The average Bonchev–Trinajstić information content (AvgIpc) is 2.66. The third-order valence-electron chi connectivity index (χ3n) is 4.12. The van der Waals surface area contributed by atoms with Crippen LogP contribution in [0.25, 0.3) is 0 Å². The molecule has 2 aromatic rings. The van der Waals surface area contributed by atoms with Crippen LogP contribution in [0.5, 0.6) is 5.75 Å². The van der Waals surface area contributed by atoms with Gasteiger partial charge in [-0.25, -0.2) is 8.70 Å². The normalized spacial score (nSPS) is 12.5.